The molecule has 0 fully saturated rings. The van der Waals surface area contributed by atoms with Crippen molar-refractivity contribution in [1.29, 1.82) is 0 Å². The number of aromatic amines is 1. The van der Waals surface area contributed by atoms with Crippen LogP contribution in [-0.4, -0.2) is 28.2 Å². The molecule has 0 bridgehead atoms. The van der Waals surface area contributed by atoms with Crippen molar-refractivity contribution in [1.82, 2.24) is 15.5 Å². The van der Waals surface area contributed by atoms with Gasteiger partial charge in [-0.25, -0.2) is 5.10 Å². The lowest BCUT2D eigenvalue weighted by Gasteiger charge is -2.13. The molecule has 3 aromatic rings. The van der Waals surface area contributed by atoms with Gasteiger partial charge in [0.1, 0.15) is 5.76 Å². The number of esters is 1. The molecular formula is C18H17N3O5. The van der Waals surface area contributed by atoms with Crippen LogP contribution in [0, 0.1) is 0 Å². The summed E-state index contributed by atoms with van der Waals surface area (Å²) in [4.78, 5) is 35.9. The van der Waals surface area contributed by atoms with E-state index in [0.29, 0.717) is 22.2 Å². The van der Waals surface area contributed by atoms with E-state index in [1.54, 1.807) is 36.4 Å². The van der Waals surface area contributed by atoms with Crippen molar-refractivity contribution in [2.24, 2.45) is 0 Å². The van der Waals surface area contributed by atoms with Crippen LogP contribution >= 0.6 is 0 Å². The average molecular weight is 355 g/mol. The number of carbonyl (C=O) groups excluding carboxylic acids is 2. The molecule has 0 spiro atoms. The zero-order chi connectivity index (χ0) is 18.5. The molecule has 8 heteroatoms. The first-order valence-electron chi connectivity index (χ1n) is 8.00. The number of H-pyrrole nitrogens is 1. The second-order valence-electron chi connectivity index (χ2n) is 5.65. The lowest BCUT2D eigenvalue weighted by atomic mass is 10.1. The number of nitrogens with zero attached hydrogens (tertiary/aromatic N) is 1. The summed E-state index contributed by atoms with van der Waals surface area (Å²) in [6, 6.07) is 10.3. The molecule has 0 saturated heterocycles. The lowest BCUT2D eigenvalue weighted by molar-refractivity contribution is -0.154. The second-order valence-corrected chi connectivity index (χ2v) is 5.65. The van der Waals surface area contributed by atoms with Gasteiger partial charge in [-0.1, -0.05) is 18.2 Å². The summed E-state index contributed by atoms with van der Waals surface area (Å²) in [5.41, 5.74) is 0.0526. The predicted molar refractivity (Wildman–Crippen MR) is 92.2 cm³/mol. The Morgan fingerprint density at radius 2 is 2.00 bits per heavy atom. The van der Waals surface area contributed by atoms with Gasteiger partial charge in [-0.3, -0.25) is 14.4 Å². The highest BCUT2D eigenvalue weighted by Crippen LogP contribution is 2.13. The van der Waals surface area contributed by atoms with Crippen molar-refractivity contribution >= 4 is 22.6 Å². The Morgan fingerprint density at radius 1 is 1.23 bits per heavy atom. The minimum absolute atomic E-state index is 0.160. The van der Waals surface area contributed by atoms with Crippen LogP contribution in [0.25, 0.3) is 10.8 Å². The summed E-state index contributed by atoms with van der Waals surface area (Å²) in [6.45, 7) is 1.69. The van der Waals surface area contributed by atoms with Crippen molar-refractivity contribution in [3.05, 3.63) is 64.5 Å². The number of rotatable bonds is 6. The Balaban J connectivity index is 1.61. The van der Waals surface area contributed by atoms with Crippen LogP contribution in [0.5, 0.6) is 0 Å². The smallest absolute Gasteiger partial charge is 0.312 e. The van der Waals surface area contributed by atoms with E-state index in [1.807, 2.05) is 0 Å². The molecule has 0 saturated carbocycles. The third-order valence-electron chi connectivity index (χ3n) is 3.78. The van der Waals surface area contributed by atoms with Crippen molar-refractivity contribution in [3.63, 3.8) is 0 Å². The number of nitrogens with one attached hydrogen (secondary N) is 2. The van der Waals surface area contributed by atoms with E-state index in [4.69, 9.17) is 9.15 Å². The number of carbonyl (C=O) groups is 2. The van der Waals surface area contributed by atoms with E-state index in [1.165, 1.54) is 13.2 Å². The van der Waals surface area contributed by atoms with Crippen molar-refractivity contribution in [2.45, 2.75) is 26.0 Å². The number of aromatic nitrogens is 2. The highest BCUT2D eigenvalue weighted by atomic mass is 16.5. The van der Waals surface area contributed by atoms with Crippen molar-refractivity contribution in [3.8, 4) is 0 Å². The van der Waals surface area contributed by atoms with Gasteiger partial charge < -0.3 is 14.5 Å². The van der Waals surface area contributed by atoms with Gasteiger partial charge in [-0.15, -0.1) is 0 Å². The summed E-state index contributed by atoms with van der Waals surface area (Å²) >= 11 is 0. The van der Waals surface area contributed by atoms with E-state index in [9.17, 15) is 14.4 Å². The van der Waals surface area contributed by atoms with Crippen LogP contribution in [0.1, 0.15) is 18.4 Å². The summed E-state index contributed by atoms with van der Waals surface area (Å²) in [7, 11) is 0. The van der Waals surface area contributed by atoms with E-state index in [0.717, 1.165) is 0 Å². The van der Waals surface area contributed by atoms with Crippen LogP contribution < -0.4 is 10.9 Å². The zero-order valence-electron chi connectivity index (χ0n) is 14.0. The van der Waals surface area contributed by atoms with E-state index < -0.39 is 18.0 Å². The minimum atomic E-state index is -0.966. The van der Waals surface area contributed by atoms with Gasteiger partial charge in [0.25, 0.3) is 11.5 Å². The van der Waals surface area contributed by atoms with Gasteiger partial charge in [-0.05, 0) is 25.1 Å². The van der Waals surface area contributed by atoms with Crippen LogP contribution in [-0.2, 0) is 27.3 Å². The monoisotopic (exact) mass is 355 g/mol. The maximum Gasteiger partial charge on any atom is 0.312 e. The molecule has 0 aliphatic carbocycles. The first kappa shape index (κ1) is 17.4. The highest BCUT2D eigenvalue weighted by Gasteiger charge is 2.19. The van der Waals surface area contributed by atoms with Crippen LogP contribution in [0.3, 0.4) is 0 Å². The Labute approximate surface area is 148 Å². The average Bonchev–Trinajstić information content (AvgIpc) is 3.16. The fourth-order valence-corrected chi connectivity index (χ4v) is 2.47. The third-order valence-corrected chi connectivity index (χ3v) is 3.78. The quantitative estimate of drug-likeness (QED) is 0.644. The van der Waals surface area contributed by atoms with Crippen LogP contribution in [0.4, 0.5) is 0 Å². The number of furan rings is 1. The molecule has 2 N–H and O–H groups in total. The molecule has 8 nitrogen and oxygen atoms in total. The minimum Gasteiger partial charge on any atom is -0.467 e. The second kappa shape index (κ2) is 7.64. The maximum absolute atomic E-state index is 12.1. The summed E-state index contributed by atoms with van der Waals surface area (Å²) in [5, 5.41) is 9.90. The molecule has 2 heterocycles. The molecule has 1 unspecified atom stereocenters. The summed E-state index contributed by atoms with van der Waals surface area (Å²) < 4.78 is 10.3. The number of ether oxygens (including phenoxy) is 1. The normalized spacial score (nSPS) is 11.9. The van der Waals surface area contributed by atoms with Crippen molar-refractivity contribution < 1.29 is 18.7 Å². The molecule has 26 heavy (non-hydrogen) atoms. The molecule has 0 radical (unpaired) electrons. The SMILES string of the molecule is CC(OC(=O)Cc1n[nH]c(=O)c2ccccc12)C(=O)NCc1ccco1. The van der Waals surface area contributed by atoms with Gasteiger partial charge in [0, 0.05) is 5.39 Å². The van der Waals surface area contributed by atoms with E-state index >= 15 is 0 Å². The fourth-order valence-electron chi connectivity index (χ4n) is 2.47. The molecule has 0 aliphatic heterocycles. The highest BCUT2D eigenvalue weighted by molar-refractivity contribution is 5.88. The topological polar surface area (TPSA) is 114 Å². The standard InChI is InChI=1S/C18H17N3O5/c1-11(17(23)19-10-12-5-4-8-25-12)26-16(22)9-15-13-6-2-3-7-14(13)18(24)21-20-15/h2-8,11H,9-10H2,1H3,(H,19,23)(H,21,24). The van der Waals surface area contributed by atoms with Crippen LogP contribution in [0.15, 0.2) is 51.9 Å². The zero-order valence-corrected chi connectivity index (χ0v) is 14.0. The molecule has 1 aromatic carbocycles. The molecule has 0 aliphatic rings. The number of benzene rings is 1. The summed E-state index contributed by atoms with van der Waals surface area (Å²) in [6.07, 6.45) is 0.381. The van der Waals surface area contributed by atoms with Gasteiger partial charge in [0.2, 0.25) is 0 Å². The predicted octanol–water partition coefficient (Wildman–Crippen LogP) is 1.31. The van der Waals surface area contributed by atoms with E-state index in [2.05, 4.69) is 15.5 Å². The van der Waals surface area contributed by atoms with Crippen molar-refractivity contribution in [2.75, 3.05) is 0 Å². The Kier molecular flexibility index (Phi) is 5.12. The number of hydrogen-bond acceptors (Lipinski definition) is 6. The Hall–Kier alpha value is -3.42. The van der Waals surface area contributed by atoms with E-state index in [-0.39, 0.29) is 18.5 Å². The molecule has 1 atom stereocenters. The Bertz CT molecular complexity index is 978. The molecule has 2 aromatic heterocycles. The Morgan fingerprint density at radius 3 is 2.73 bits per heavy atom. The molecule has 134 valence electrons. The van der Waals surface area contributed by atoms with Gasteiger partial charge >= 0.3 is 5.97 Å². The lowest BCUT2D eigenvalue weighted by Crippen LogP contribution is -2.35. The fraction of sp³-hybridized carbons (Fsp3) is 0.222. The number of amides is 1. The number of fused-ring (bicyclic) bond motifs is 1. The molecule has 1 amide bonds. The first-order valence-corrected chi connectivity index (χ1v) is 8.00. The molecular weight excluding hydrogens is 338 g/mol. The third kappa shape index (κ3) is 3.97. The largest absolute Gasteiger partial charge is 0.467 e. The van der Waals surface area contributed by atoms with Gasteiger partial charge in [0.05, 0.1) is 30.3 Å². The first-order chi connectivity index (χ1) is 12.5. The summed E-state index contributed by atoms with van der Waals surface area (Å²) in [5.74, 6) is -0.454. The maximum atomic E-state index is 12.1. The van der Waals surface area contributed by atoms with Crippen LogP contribution in [0.2, 0.25) is 0 Å². The van der Waals surface area contributed by atoms with Gasteiger partial charge in [0.15, 0.2) is 6.10 Å². The van der Waals surface area contributed by atoms with Gasteiger partial charge in [-0.2, -0.15) is 5.10 Å². The number of hydrogen-bond donors (Lipinski definition) is 2. The molecule has 3 rings (SSSR count).